The first-order valence-corrected chi connectivity index (χ1v) is 8.63. The lowest BCUT2D eigenvalue weighted by atomic mass is 9.39. The van der Waals surface area contributed by atoms with Crippen LogP contribution in [0.2, 0.25) is 0 Å². The highest BCUT2D eigenvalue weighted by atomic mass is 14.7. The Morgan fingerprint density at radius 1 is 1.00 bits per heavy atom. The van der Waals surface area contributed by atoms with Gasteiger partial charge in [0.05, 0.1) is 0 Å². The third kappa shape index (κ3) is 2.26. The average molecular weight is 261 g/mol. The summed E-state index contributed by atoms with van der Waals surface area (Å²) in [6.07, 6.45) is 14.6. The van der Waals surface area contributed by atoms with Crippen molar-refractivity contribution in [2.24, 2.45) is 33.8 Å². The van der Waals surface area contributed by atoms with Crippen LogP contribution in [0.1, 0.15) is 78.1 Å². The van der Waals surface area contributed by atoms with Crippen LogP contribution in [0.5, 0.6) is 0 Å². The maximum atomic E-state index is 6.52. The summed E-state index contributed by atoms with van der Waals surface area (Å²) in [5.74, 6) is 2.02. The Morgan fingerprint density at radius 2 is 1.63 bits per heavy atom. The lowest BCUT2D eigenvalue weighted by Gasteiger charge is -2.66. The molecule has 0 radical (unpaired) electrons. The predicted molar refractivity (Wildman–Crippen MR) is 79.8 cm³/mol. The summed E-state index contributed by atoms with van der Waals surface area (Å²) in [4.78, 5) is 0. The molecule has 1 heteroatoms. The van der Waals surface area contributed by atoms with Crippen LogP contribution in [0.15, 0.2) is 0 Å². The molecule has 5 fully saturated rings. The topological polar surface area (TPSA) is 26.0 Å². The summed E-state index contributed by atoms with van der Waals surface area (Å²) in [5.41, 5.74) is 8.48. The van der Waals surface area contributed by atoms with Crippen LogP contribution in [-0.4, -0.2) is 6.04 Å². The van der Waals surface area contributed by atoms with Crippen molar-refractivity contribution in [1.82, 2.24) is 0 Å². The van der Waals surface area contributed by atoms with E-state index in [1.54, 1.807) is 0 Å². The molecule has 5 aliphatic rings. The monoisotopic (exact) mass is 261 g/mol. The first-order chi connectivity index (χ1) is 8.88. The van der Waals surface area contributed by atoms with E-state index in [-0.39, 0.29) is 0 Å². The normalized spacial score (nSPS) is 53.5. The van der Waals surface area contributed by atoms with Crippen LogP contribution in [0.3, 0.4) is 0 Å². The fraction of sp³-hybridized carbons (Fsp3) is 1.00. The minimum Gasteiger partial charge on any atom is -0.328 e. The van der Waals surface area contributed by atoms with E-state index >= 15 is 0 Å². The van der Waals surface area contributed by atoms with Crippen LogP contribution in [-0.2, 0) is 0 Å². The van der Waals surface area contributed by atoms with Crippen LogP contribution >= 0.6 is 0 Å². The van der Waals surface area contributed by atoms with Crippen molar-refractivity contribution in [3.63, 3.8) is 0 Å². The molecule has 0 spiro atoms. The van der Waals surface area contributed by atoms with Crippen molar-refractivity contribution in [2.75, 3.05) is 0 Å². The minimum atomic E-state index is 0.496. The van der Waals surface area contributed by atoms with Gasteiger partial charge in [0.2, 0.25) is 0 Å². The first-order valence-electron chi connectivity index (χ1n) is 8.63. The largest absolute Gasteiger partial charge is 0.328 e. The summed E-state index contributed by atoms with van der Waals surface area (Å²) in [7, 11) is 0. The molecule has 3 unspecified atom stereocenters. The van der Waals surface area contributed by atoms with Gasteiger partial charge in [0.25, 0.3) is 0 Å². The molecule has 0 heterocycles. The van der Waals surface area contributed by atoms with E-state index in [0.717, 1.165) is 11.8 Å². The van der Waals surface area contributed by atoms with Gasteiger partial charge in [-0.25, -0.2) is 0 Å². The molecule has 19 heavy (non-hydrogen) atoms. The third-order valence-corrected chi connectivity index (χ3v) is 6.77. The van der Waals surface area contributed by atoms with Crippen molar-refractivity contribution in [1.29, 1.82) is 0 Å². The Balaban J connectivity index is 1.53. The second-order valence-electron chi connectivity index (χ2n) is 9.77. The quantitative estimate of drug-likeness (QED) is 0.792. The Kier molecular flexibility index (Phi) is 2.52. The van der Waals surface area contributed by atoms with Gasteiger partial charge >= 0.3 is 0 Å². The second-order valence-corrected chi connectivity index (χ2v) is 9.77. The molecule has 108 valence electrons. The molecule has 2 N–H and O–H groups in total. The second kappa shape index (κ2) is 3.78. The lowest BCUT2D eigenvalue weighted by Crippen LogP contribution is -2.56. The van der Waals surface area contributed by atoms with E-state index in [2.05, 4.69) is 13.8 Å². The Labute approximate surface area is 118 Å². The smallest absolute Gasteiger partial charge is 0.00467 e. The first kappa shape index (κ1) is 12.7. The Morgan fingerprint density at radius 3 is 2.16 bits per heavy atom. The van der Waals surface area contributed by atoms with E-state index in [1.165, 1.54) is 64.2 Å². The van der Waals surface area contributed by atoms with Crippen molar-refractivity contribution in [3.8, 4) is 0 Å². The van der Waals surface area contributed by atoms with Crippen molar-refractivity contribution in [2.45, 2.75) is 84.1 Å². The SMILES string of the molecule is CC12CC3CC(C)(C1)CC(CC(N)CC1CC1)(C3)C2. The van der Waals surface area contributed by atoms with Gasteiger partial charge < -0.3 is 5.73 Å². The molecule has 3 atom stereocenters. The van der Waals surface area contributed by atoms with E-state index in [0.29, 0.717) is 22.3 Å². The molecule has 0 saturated heterocycles. The molecular formula is C18H31N. The summed E-state index contributed by atoms with van der Waals surface area (Å²) in [6, 6.07) is 0.496. The summed E-state index contributed by atoms with van der Waals surface area (Å²) < 4.78 is 0. The molecule has 0 aromatic heterocycles. The summed E-state index contributed by atoms with van der Waals surface area (Å²) >= 11 is 0. The van der Waals surface area contributed by atoms with E-state index < -0.39 is 0 Å². The molecule has 0 aromatic rings. The van der Waals surface area contributed by atoms with E-state index in [4.69, 9.17) is 5.73 Å². The summed E-state index contributed by atoms with van der Waals surface area (Å²) in [5, 5.41) is 0. The minimum absolute atomic E-state index is 0.496. The predicted octanol–water partition coefficient (Wildman–Crippen LogP) is 4.50. The number of hydrogen-bond acceptors (Lipinski definition) is 1. The number of rotatable bonds is 4. The highest BCUT2D eigenvalue weighted by Crippen LogP contribution is 2.70. The highest BCUT2D eigenvalue weighted by molar-refractivity contribution is 5.11. The lowest BCUT2D eigenvalue weighted by molar-refractivity contribution is -0.149. The van der Waals surface area contributed by atoms with Gasteiger partial charge in [0.15, 0.2) is 0 Å². The zero-order valence-electron chi connectivity index (χ0n) is 12.9. The van der Waals surface area contributed by atoms with Crippen LogP contribution < -0.4 is 5.73 Å². The van der Waals surface area contributed by atoms with E-state index in [1.807, 2.05) is 0 Å². The Hall–Kier alpha value is -0.0400. The molecule has 0 amide bonds. The maximum Gasteiger partial charge on any atom is 0.00467 e. The fourth-order valence-corrected chi connectivity index (χ4v) is 7.33. The van der Waals surface area contributed by atoms with Crippen molar-refractivity contribution >= 4 is 0 Å². The van der Waals surface area contributed by atoms with Gasteiger partial charge in [0.1, 0.15) is 0 Å². The standard InChI is InChI=1S/C18H31N/c1-16-6-14-7-17(2,10-16)12-18(8-14,11-16)9-15(19)5-13-3-4-13/h13-15H,3-12,19H2,1-2H3. The van der Waals surface area contributed by atoms with E-state index in [9.17, 15) is 0 Å². The molecule has 4 bridgehead atoms. The third-order valence-electron chi connectivity index (χ3n) is 6.77. The summed E-state index contributed by atoms with van der Waals surface area (Å²) in [6.45, 7) is 5.16. The Bertz CT molecular complexity index is 365. The average Bonchev–Trinajstić information content (AvgIpc) is 2.93. The molecular weight excluding hydrogens is 230 g/mol. The van der Waals surface area contributed by atoms with Gasteiger partial charge in [-0.05, 0) is 79.4 Å². The maximum absolute atomic E-state index is 6.52. The number of nitrogens with two attached hydrogens (primary N) is 1. The molecule has 0 aliphatic heterocycles. The van der Waals surface area contributed by atoms with Gasteiger partial charge in [-0.15, -0.1) is 0 Å². The zero-order chi connectivity index (χ0) is 13.3. The zero-order valence-corrected chi connectivity index (χ0v) is 12.9. The van der Waals surface area contributed by atoms with Crippen LogP contribution in [0.25, 0.3) is 0 Å². The van der Waals surface area contributed by atoms with Gasteiger partial charge in [-0.3, -0.25) is 0 Å². The van der Waals surface area contributed by atoms with Crippen LogP contribution in [0, 0.1) is 28.1 Å². The van der Waals surface area contributed by atoms with Gasteiger partial charge in [-0.1, -0.05) is 26.7 Å². The molecule has 1 nitrogen and oxygen atoms in total. The van der Waals surface area contributed by atoms with Crippen LogP contribution in [0.4, 0.5) is 0 Å². The fourth-order valence-electron chi connectivity index (χ4n) is 7.33. The molecule has 5 saturated carbocycles. The molecule has 5 rings (SSSR count). The molecule has 0 aromatic carbocycles. The highest BCUT2D eigenvalue weighted by Gasteiger charge is 2.59. The van der Waals surface area contributed by atoms with Crippen molar-refractivity contribution < 1.29 is 0 Å². The molecule has 5 aliphatic carbocycles. The van der Waals surface area contributed by atoms with Crippen molar-refractivity contribution in [3.05, 3.63) is 0 Å². The van der Waals surface area contributed by atoms with Gasteiger partial charge in [-0.2, -0.15) is 0 Å². The van der Waals surface area contributed by atoms with Gasteiger partial charge in [0, 0.05) is 6.04 Å². The number of hydrogen-bond donors (Lipinski definition) is 1.